The Labute approximate surface area is 123 Å². The van der Waals surface area contributed by atoms with Crippen molar-refractivity contribution < 1.29 is 4.74 Å². The summed E-state index contributed by atoms with van der Waals surface area (Å²) in [7, 11) is 0. The molecule has 4 saturated carbocycles. The van der Waals surface area contributed by atoms with Crippen LogP contribution in [0.4, 0.5) is 0 Å². The standard InChI is InChI=1S/C19H30O/c1-18-9-4-3-5-12(18)6-7-13-14(18)8-10-19(2)15(13)11-16-17(19)20-16/h12-17H,3-11H2,1-2H3/t12-,13+,14-,15-,16-,17-,18+,19+/m1/s1. The largest absolute Gasteiger partial charge is 0.369 e. The van der Waals surface area contributed by atoms with Gasteiger partial charge in [0.25, 0.3) is 0 Å². The lowest BCUT2D eigenvalue weighted by molar-refractivity contribution is -0.117. The predicted octanol–water partition coefficient (Wildman–Crippen LogP) is 4.80. The van der Waals surface area contributed by atoms with E-state index in [4.69, 9.17) is 4.74 Å². The first-order valence-corrected chi connectivity index (χ1v) is 9.28. The fraction of sp³-hybridized carbons (Fsp3) is 1.00. The molecule has 0 radical (unpaired) electrons. The Kier molecular flexibility index (Phi) is 2.39. The normalized spacial score (nSPS) is 63.9. The Morgan fingerprint density at radius 1 is 0.850 bits per heavy atom. The Morgan fingerprint density at radius 2 is 1.75 bits per heavy atom. The van der Waals surface area contributed by atoms with Crippen molar-refractivity contribution in [1.29, 1.82) is 0 Å². The van der Waals surface area contributed by atoms with E-state index in [2.05, 4.69) is 13.8 Å². The molecule has 0 unspecified atom stereocenters. The fourth-order valence-corrected chi connectivity index (χ4v) is 7.59. The molecular formula is C19H30O. The van der Waals surface area contributed by atoms with Gasteiger partial charge in [-0.2, -0.15) is 0 Å². The molecule has 112 valence electrons. The summed E-state index contributed by atoms with van der Waals surface area (Å²) in [5.74, 6) is 4.17. The summed E-state index contributed by atoms with van der Waals surface area (Å²) < 4.78 is 5.94. The average Bonchev–Trinajstić information content (AvgIpc) is 3.16. The molecule has 5 rings (SSSR count). The second-order valence-electron chi connectivity index (χ2n) is 9.28. The van der Waals surface area contributed by atoms with E-state index in [0.717, 1.165) is 23.7 Å². The molecule has 1 aliphatic heterocycles. The van der Waals surface area contributed by atoms with Crippen LogP contribution >= 0.6 is 0 Å². The minimum atomic E-state index is 0.559. The Morgan fingerprint density at radius 3 is 2.65 bits per heavy atom. The van der Waals surface area contributed by atoms with E-state index < -0.39 is 0 Å². The molecule has 1 heteroatoms. The van der Waals surface area contributed by atoms with Gasteiger partial charge in [0.2, 0.25) is 0 Å². The van der Waals surface area contributed by atoms with E-state index in [1.165, 1.54) is 44.9 Å². The first-order chi connectivity index (χ1) is 9.63. The van der Waals surface area contributed by atoms with Crippen LogP contribution in [0.25, 0.3) is 0 Å². The summed E-state index contributed by atoms with van der Waals surface area (Å²) in [5, 5.41) is 0. The van der Waals surface area contributed by atoms with Gasteiger partial charge in [0.05, 0.1) is 12.2 Å². The molecular weight excluding hydrogens is 244 g/mol. The van der Waals surface area contributed by atoms with Gasteiger partial charge in [-0.1, -0.05) is 26.7 Å². The number of rotatable bonds is 0. The van der Waals surface area contributed by atoms with E-state index in [1.54, 1.807) is 12.8 Å². The summed E-state index contributed by atoms with van der Waals surface area (Å²) in [4.78, 5) is 0. The lowest BCUT2D eigenvalue weighted by Gasteiger charge is -2.60. The van der Waals surface area contributed by atoms with Gasteiger partial charge in [-0.3, -0.25) is 0 Å². The highest BCUT2D eigenvalue weighted by molar-refractivity contribution is 5.16. The SMILES string of the molecule is C[C@]12CCCC[C@@H]1CC[C@H]1[C@H]2CC[C@@]2(C)[C@@H]1C[C@H]1O[C@H]12. The van der Waals surface area contributed by atoms with Crippen molar-refractivity contribution in [2.45, 2.75) is 83.8 Å². The molecule has 5 fully saturated rings. The molecule has 0 aromatic carbocycles. The number of hydrogen-bond acceptors (Lipinski definition) is 1. The van der Waals surface area contributed by atoms with Gasteiger partial charge in [-0.25, -0.2) is 0 Å². The maximum absolute atomic E-state index is 5.94. The van der Waals surface area contributed by atoms with Crippen molar-refractivity contribution in [1.82, 2.24) is 0 Å². The number of epoxide rings is 1. The third kappa shape index (κ3) is 1.39. The average molecular weight is 274 g/mol. The number of hydrogen-bond donors (Lipinski definition) is 0. The highest BCUT2D eigenvalue weighted by Gasteiger charge is 2.67. The van der Waals surface area contributed by atoms with Crippen molar-refractivity contribution >= 4 is 0 Å². The molecule has 20 heavy (non-hydrogen) atoms. The molecule has 0 aromatic heterocycles. The van der Waals surface area contributed by atoms with E-state index in [0.29, 0.717) is 23.0 Å². The molecule has 1 saturated heterocycles. The zero-order chi connectivity index (χ0) is 13.5. The van der Waals surface area contributed by atoms with E-state index in [-0.39, 0.29) is 0 Å². The zero-order valence-electron chi connectivity index (χ0n) is 13.2. The van der Waals surface area contributed by atoms with Crippen LogP contribution in [0.2, 0.25) is 0 Å². The van der Waals surface area contributed by atoms with Crippen LogP contribution in [0, 0.1) is 34.5 Å². The van der Waals surface area contributed by atoms with Crippen LogP contribution < -0.4 is 0 Å². The second kappa shape index (κ2) is 3.83. The van der Waals surface area contributed by atoms with Crippen molar-refractivity contribution in [3.8, 4) is 0 Å². The number of fused-ring (bicyclic) bond motifs is 7. The van der Waals surface area contributed by atoms with Crippen molar-refractivity contribution in [3.05, 3.63) is 0 Å². The molecule has 4 aliphatic carbocycles. The fourth-order valence-electron chi connectivity index (χ4n) is 7.59. The van der Waals surface area contributed by atoms with Crippen LogP contribution in [-0.4, -0.2) is 12.2 Å². The van der Waals surface area contributed by atoms with Gasteiger partial charge in [-0.05, 0) is 79.4 Å². The molecule has 5 aliphatic rings. The Hall–Kier alpha value is -0.0400. The third-order valence-electron chi connectivity index (χ3n) is 8.74. The summed E-state index contributed by atoms with van der Waals surface area (Å²) in [6.07, 6.45) is 14.9. The summed E-state index contributed by atoms with van der Waals surface area (Å²) >= 11 is 0. The minimum Gasteiger partial charge on any atom is -0.369 e. The monoisotopic (exact) mass is 274 g/mol. The van der Waals surface area contributed by atoms with Crippen LogP contribution in [0.3, 0.4) is 0 Å². The predicted molar refractivity (Wildman–Crippen MR) is 80.4 cm³/mol. The minimum absolute atomic E-state index is 0.559. The summed E-state index contributed by atoms with van der Waals surface area (Å²) in [6, 6.07) is 0. The summed E-state index contributed by atoms with van der Waals surface area (Å²) in [5.41, 5.74) is 1.26. The van der Waals surface area contributed by atoms with Gasteiger partial charge < -0.3 is 4.74 Å². The molecule has 1 nitrogen and oxygen atoms in total. The lowest BCUT2D eigenvalue weighted by atomic mass is 9.45. The molecule has 0 amide bonds. The zero-order valence-corrected chi connectivity index (χ0v) is 13.2. The maximum Gasteiger partial charge on any atom is 0.0898 e. The van der Waals surface area contributed by atoms with Gasteiger partial charge in [-0.15, -0.1) is 0 Å². The third-order valence-corrected chi connectivity index (χ3v) is 8.74. The van der Waals surface area contributed by atoms with Crippen molar-refractivity contribution in [2.75, 3.05) is 0 Å². The second-order valence-corrected chi connectivity index (χ2v) is 9.28. The molecule has 1 heterocycles. The van der Waals surface area contributed by atoms with E-state index >= 15 is 0 Å². The first-order valence-electron chi connectivity index (χ1n) is 9.28. The Balaban J connectivity index is 1.48. The Bertz CT molecular complexity index is 431. The van der Waals surface area contributed by atoms with Crippen molar-refractivity contribution in [2.24, 2.45) is 34.5 Å². The van der Waals surface area contributed by atoms with Gasteiger partial charge in [0.15, 0.2) is 0 Å². The van der Waals surface area contributed by atoms with Gasteiger partial charge in [0.1, 0.15) is 0 Å². The van der Waals surface area contributed by atoms with Gasteiger partial charge in [0, 0.05) is 0 Å². The highest BCUT2D eigenvalue weighted by Crippen LogP contribution is 2.69. The molecule has 0 N–H and O–H groups in total. The molecule has 8 atom stereocenters. The van der Waals surface area contributed by atoms with Crippen molar-refractivity contribution in [3.63, 3.8) is 0 Å². The smallest absolute Gasteiger partial charge is 0.0898 e. The molecule has 0 aromatic rings. The van der Waals surface area contributed by atoms with Crippen LogP contribution in [-0.2, 0) is 4.74 Å². The topological polar surface area (TPSA) is 12.5 Å². The van der Waals surface area contributed by atoms with Crippen LogP contribution in [0.1, 0.15) is 71.6 Å². The first kappa shape index (κ1) is 12.5. The number of ether oxygens (including phenoxy) is 1. The van der Waals surface area contributed by atoms with Crippen LogP contribution in [0.15, 0.2) is 0 Å². The van der Waals surface area contributed by atoms with Crippen LogP contribution in [0.5, 0.6) is 0 Å². The molecule has 0 spiro atoms. The van der Waals surface area contributed by atoms with E-state index in [1.807, 2.05) is 0 Å². The molecule has 0 bridgehead atoms. The van der Waals surface area contributed by atoms with Gasteiger partial charge >= 0.3 is 0 Å². The van der Waals surface area contributed by atoms with E-state index in [9.17, 15) is 0 Å². The maximum atomic E-state index is 5.94. The lowest BCUT2D eigenvalue weighted by Crippen LogP contribution is -2.53. The quantitative estimate of drug-likeness (QED) is 0.578. The highest BCUT2D eigenvalue weighted by atomic mass is 16.6. The summed E-state index contributed by atoms with van der Waals surface area (Å²) in [6.45, 7) is 5.25.